The highest BCUT2D eigenvalue weighted by Crippen LogP contribution is 2.14. The molecule has 0 spiro atoms. The fraction of sp³-hybridized carbons (Fsp3) is 0.222. The number of hydrogen-bond donors (Lipinski definition) is 0. The molecule has 2 aromatic rings. The van der Waals surface area contributed by atoms with Gasteiger partial charge in [0.15, 0.2) is 0 Å². The molecule has 2 rings (SSSR count). The van der Waals surface area contributed by atoms with Crippen molar-refractivity contribution in [2.45, 2.75) is 25.7 Å². The van der Waals surface area contributed by atoms with Crippen LogP contribution >= 0.6 is 15.9 Å². The Labute approximate surface area is 124 Å². The fourth-order valence-electron chi connectivity index (χ4n) is 2.13. The molecule has 98 valence electrons. The summed E-state index contributed by atoms with van der Waals surface area (Å²) in [5, 5.41) is 0. The van der Waals surface area contributed by atoms with Gasteiger partial charge in [-0.05, 0) is 54.5 Å². The van der Waals surface area contributed by atoms with Crippen LogP contribution in [0.15, 0.2) is 59.6 Å². The van der Waals surface area contributed by atoms with Crippen molar-refractivity contribution in [2.24, 2.45) is 0 Å². The normalized spacial score (nSPS) is 10.4. The lowest BCUT2D eigenvalue weighted by atomic mass is 10.0. The van der Waals surface area contributed by atoms with Crippen LogP contribution in [-0.2, 0) is 12.8 Å². The van der Waals surface area contributed by atoms with Crippen LogP contribution in [0, 0.1) is 0 Å². The highest BCUT2D eigenvalue weighted by molar-refractivity contribution is 9.10. The predicted octanol–water partition coefficient (Wildman–Crippen LogP) is 5.66. The van der Waals surface area contributed by atoms with Crippen molar-refractivity contribution < 1.29 is 0 Å². The first-order chi connectivity index (χ1) is 9.28. The Kier molecular flexibility index (Phi) is 5.41. The number of rotatable bonds is 6. The number of halogens is 1. The van der Waals surface area contributed by atoms with Crippen molar-refractivity contribution in [3.8, 4) is 0 Å². The zero-order chi connectivity index (χ0) is 13.5. The second kappa shape index (κ2) is 7.30. The Morgan fingerprint density at radius 3 is 1.74 bits per heavy atom. The van der Waals surface area contributed by atoms with E-state index in [1.54, 1.807) is 0 Å². The summed E-state index contributed by atoms with van der Waals surface area (Å²) in [6.07, 6.45) is 6.69. The second-order valence-electron chi connectivity index (χ2n) is 4.78. The van der Waals surface area contributed by atoms with E-state index in [1.807, 2.05) is 6.08 Å². The Bertz CT molecular complexity index is 508. The lowest BCUT2D eigenvalue weighted by molar-refractivity contribution is 0.734. The molecule has 0 bridgehead atoms. The van der Waals surface area contributed by atoms with Gasteiger partial charge in [0.1, 0.15) is 0 Å². The summed E-state index contributed by atoms with van der Waals surface area (Å²) >= 11 is 3.46. The zero-order valence-corrected chi connectivity index (χ0v) is 12.7. The minimum absolute atomic E-state index is 1.15. The fourth-order valence-corrected chi connectivity index (χ4v) is 2.39. The summed E-state index contributed by atoms with van der Waals surface area (Å²) in [7, 11) is 0. The zero-order valence-electron chi connectivity index (χ0n) is 11.1. The van der Waals surface area contributed by atoms with Crippen molar-refractivity contribution >= 4 is 22.0 Å². The Morgan fingerprint density at radius 1 is 0.789 bits per heavy atom. The average Bonchev–Trinajstić information content (AvgIpc) is 2.46. The number of hydrogen-bond acceptors (Lipinski definition) is 0. The van der Waals surface area contributed by atoms with Crippen molar-refractivity contribution in [3.05, 3.63) is 76.3 Å². The van der Waals surface area contributed by atoms with Gasteiger partial charge in [-0.2, -0.15) is 0 Å². The summed E-state index contributed by atoms with van der Waals surface area (Å²) in [6, 6.07) is 17.3. The van der Waals surface area contributed by atoms with Crippen LogP contribution in [0.5, 0.6) is 0 Å². The van der Waals surface area contributed by atoms with Gasteiger partial charge in [-0.25, -0.2) is 0 Å². The van der Waals surface area contributed by atoms with Crippen LogP contribution < -0.4 is 0 Å². The number of aryl methyl sites for hydroxylation is 2. The molecule has 0 unspecified atom stereocenters. The third-order valence-electron chi connectivity index (χ3n) is 3.31. The van der Waals surface area contributed by atoms with E-state index in [1.165, 1.54) is 29.5 Å². The van der Waals surface area contributed by atoms with Gasteiger partial charge in [0.05, 0.1) is 0 Å². The Morgan fingerprint density at radius 2 is 1.26 bits per heavy atom. The minimum Gasteiger partial charge on any atom is -0.0985 e. The van der Waals surface area contributed by atoms with Gasteiger partial charge >= 0.3 is 0 Å². The van der Waals surface area contributed by atoms with E-state index in [-0.39, 0.29) is 0 Å². The Hall–Kier alpha value is -1.34. The largest absolute Gasteiger partial charge is 0.0985 e. The molecule has 0 saturated carbocycles. The van der Waals surface area contributed by atoms with Crippen LogP contribution in [0.25, 0.3) is 6.08 Å². The van der Waals surface area contributed by atoms with Crippen LogP contribution in [0.4, 0.5) is 0 Å². The highest BCUT2D eigenvalue weighted by Gasteiger charge is 1.96. The summed E-state index contributed by atoms with van der Waals surface area (Å²) in [4.78, 5) is 0. The maximum atomic E-state index is 3.77. The molecule has 0 N–H and O–H groups in total. The van der Waals surface area contributed by atoms with Crippen LogP contribution in [-0.4, -0.2) is 0 Å². The second-order valence-corrected chi connectivity index (χ2v) is 5.69. The van der Waals surface area contributed by atoms with E-state index in [4.69, 9.17) is 0 Å². The number of unbranched alkanes of at least 4 members (excludes halogenated alkanes) is 1. The first-order valence-corrected chi connectivity index (χ1v) is 7.53. The molecule has 19 heavy (non-hydrogen) atoms. The topological polar surface area (TPSA) is 0 Å². The van der Waals surface area contributed by atoms with Crippen molar-refractivity contribution in [2.75, 3.05) is 0 Å². The molecule has 1 heteroatoms. The van der Waals surface area contributed by atoms with E-state index in [0.717, 1.165) is 17.3 Å². The van der Waals surface area contributed by atoms with Crippen LogP contribution in [0.1, 0.15) is 29.5 Å². The molecule has 0 radical (unpaired) electrons. The first-order valence-electron chi connectivity index (χ1n) is 6.74. The summed E-state index contributed by atoms with van der Waals surface area (Å²) < 4.78 is 1.15. The van der Waals surface area contributed by atoms with E-state index >= 15 is 0 Å². The smallest absolute Gasteiger partial charge is 0.0175 e. The summed E-state index contributed by atoms with van der Waals surface area (Å²) in [5.41, 5.74) is 4.03. The van der Waals surface area contributed by atoms with Gasteiger partial charge in [-0.15, -0.1) is 0 Å². The molecular formula is C18H19Br. The van der Waals surface area contributed by atoms with Gasteiger partial charge in [-0.3, -0.25) is 0 Å². The van der Waals surface area contributed by atoms with Crippen molar-refractivity contribution in [1.82, 2.24) is 0 Å². The lowest BCUT2D eigenvalue weighted by Crippen LogP contribution is -1.89. The van der Waals surface area contributed by atoms with E-state index in [9.17, 15) is 0 Å². The molecule has 0 heterocycles. The minimum atomic E-state index is 1.15. The standard InChI is InChI=1S/C18H19Br/c1-2-15-7-9-16(10-8-15)5-3-4-6-17-11-13-18(19)14-12-17/h2,7-14H,1,3-6H2. The van der Waals surface area contributed by atoms with Gasteiger partial charge in [0.2, 0.25) is 0 Å². The van der Waals surface area contributed by atoms with Gasteiger partial charge in [0.25, 0.3) is 0 Å². The highest BCUT2D eigenvalue weighted by atomic mass is 79.9. The van der Waals surface area contributed by atoms with Gasteiger partial charge in [0, 0.05) is 4.47 Å². The van der Waals surface area contributed by atoms with E-state index < -0.39 is 0 Å². The molecule has 0 nitrogen and oxygen atoms in total. The van der Waals surface area contributed by atoms with E-state index in [0.29, 0.717) is 0 Å². The molecule has 0 fully saturated rings. The molecule has 0 aliphatic carbocycles. The average molecular weight is 315 g/mol. The molecule has 0 atom stereocenters. The third kappa shape index (κ3) is 4.68. The summed E-state index contributed by atoms with van der Waals surface area (Å²) in [6.45, 7) is 3.77. The molecule has 0 aliphatic rings. The Balaban J connectivity index is 1.74. The lowest BCUT2D eigenvalue weighted by Gasteiger charge is -2.03. The maximum Gasteiger partial charge on any atom is 0.0175 e. The molecule has 0 amide bonds. The molecule has 0 aromatic heterocycles. The molecular weight excluding hydrogens is 296 g/mol. The van der Waals surface area contributed by atoms with Crippen molar-refractivity contribution in [3.63, 3.8) is 0 Å². The van der Waals surface area contributed by atoms with Gasteiger partial charge < -0.3 is 0 Å². The molecule has 0 aliphatic heterocycles. The van der Waals surface area contributed by atoms with Gasteiger partial charge in [-0.1, -0.05) is 65.0 Å². The molecule has 2 aromatic carbocycles. The monoisotopic (exact) mass is 314 g/mol. The van der Waals surface area contributed by atoms with Crippen molar-refractivity contribution in [1.29, 1.82) is 0 Å². The van der Waals surface area contributed by atoms with Crippen LogP contribution in [0.3, 0.4) is 0 Å². The maximum absolute atomic E-state index is 3.77. The molecule has 0 saturated heterocycles. The van der Waals surface area contributed by atoms with Crippen LogP contribution in [0.2, 0.25) is 0 Å². The number of benzene rings is 2. The predicted molar refractivity (Wildman–Crippen MR) is 87.3 cm³/mol. The third-order valence-corrected chi connectivity index (χ3v) is 3.84. The summed E-state index contributed by atoms with van der Waals surface area (Å²) in [5.74, 6) is 0. The quantitative estimate of drug-likeness (QED) is 0.604. The first kappa shape index (κ1) is 14.1. The SMILES string of the molecule is C=Cc1ccc(CCCCc2ccc(Br)cc2)cc1. The van der Waals surface area contributed by atoms with E-state index in [2.05, 4.69) is 71.0 Å².